The summed E-state index contributed by atoms with van der Waals surface area (Å²) in [5.74, 6) is 0.910. The van der Waals surface area contributed by atoms with E-state index in [2.05, 4.69) is 56.8 Å². The van der Waals surface area contributed by atoms with Crippen LogP contribution in [-0.2, 0) is 6.54 Å². The highest BCUT2D eigenvalue weighted by molar-refractivity contribution is 5.82. The monoisotopic (exact) mass is 336 g/mol. The molecule has 1 aliphatic rings. The first kappa shape index (κ1) is 16.0. The van der Waals surface area contributed by atoms with Crippen LogP contribution in [0.5, 0.6) is 5.75 Å². The molecule has 25 heavy (non-hydrogen) atoms. The van der Waals surface area contributed by atoms with Crippen LogP contribution >= 0.6 is 0 Å². The van der Waals surface area contributed by atoms with Gasteiger partial charge in [0.15, 0.2) is 0 Å². The number of nitrogens with zero attached hydrogens (tertiary/aromatic N) is 2. The molecule has 4 rings (SSSR count). The maximum absolute atomic E-state index is 5.39. The van der Waals surface area contributed by atoms with Gasteiger partial charge in [-0.1, -0.05) is 12.1 Å². The molecule has 2 N–H and O–H groups in total. The predicted molar refractivity (Wildman–Crippen MR) is 101 cm³/mol. The van der Waals surface area contributed by atoms with Crippen LogP contribution in [0.15, 0.2) is 48.7 Å². The van der Waals surface area contributed by atoms with Crippen LogP contribution in [0.2, 0.25) is 0 Å². The van der Waals surface area contributed by atoms with Gasteiger partial charge in [-0.25, -0.2) is 0 Å². The van der Waals surface area contributed by atoms with Gasteiger partial charge >= 0.3 is 0 Å². The summed E-state index contributed by atoms with van der Waals surface area (Å²) in [7, 11) is 1.72. The van der Waals surface area contributed by atoms with Gasteiger partial charge in [0, 0.05) is 23.7 Å². The van der Waals surface area contributed by atoms with Crippen LogP contribution in [-0.4, -0.2) is 36.4 Å². The molecule has 0 spiro atoms. The van der Waals surface area contributed by atoms with Crippen molar-refractivity contribution in [1.82, 2.24) is 15.5 Å². The Hall–Kier alpha value is -2.53. The number of hydrogen-bond acceptors (Lipinski definition) is 4. The number of rotatable bonds is 5. The van der Waals surface area contributed by atoms with Gasteiger partial charge in [-0.3, -0.25) is 5.10 Å². The van der Waals surface area contributed by atoms with Crippen LogP contribution < -0.4 is 15.0 Å². The second kappa shape index (κ2) is 7.15. The molecule has 130 valence electrons. The van der Waals surface area contributed by atoms with E-state index in [-0.39, 0.29) is 0 Å². The molecule has 5 heteroatoms. The second-order valence-corrected chi connectivity index (χ2v) is 6.60. The van der Waals surface area contributed by atoms with Gasteiger partial charge in [-0.05, 0) is 61.8 Å². The van der Waals surface area contributed by atoms with Crippen LogP contribution in [0, 0.1) is 0 Å². The summed E-state index contributed by atoms with van der Waals surface area (Å²) in [4.78, 5) is 2.53. The average Bonchev–Trinajstić information content (AvgIpc) is 3.15. The molecule has 0 amide bonds. The topological polar surface area (TPSA) is 53.2 Å². The molecular formula is C20H24N4O. The summed E-state index contributed by atoms with van der Waals surface area (Å²) >= 11 is 0. The van der Waals surface area contributed by atoms with E-state index >= 15 is 0 Å². The number of H-pyrrole nitrogens is 1. The molecule has 5 nitrogen and oxygen atoms in total. The molecule has 0 atom stereocenters. The van der Waals surface area contributed by atoms with Crippen molar-refractivity contribution in [3.63, 3.8) is 0 Å². The zero-order valence-electron chi connectivity index (χ0n) is 14.5. The predicted octanol–water partition coefficient (Wildman–Crippen LogP) is 3.33. The minimum absolute atomic E-state index is 0.539. The fraction of sp³-hybridized carbons (Fsp3) is 0.350. The van der Waals surface area contributed by atoms with Crippen LogP contribution in [0.1, 0.15) is 18.4 Å². The minimum atomic E-state index is 0.539. The molecule has 2 aromatic carbocycles. The van der Waals surface area contributed by atoms with Crippen molar-refractivity contribution in [3.8, 4) is 5.75 Å². The summed E-state index contributed by atoms with van der Waals surface area (Å²) < 4.78 is 5.39. The zero-order valence-corrected chi connectivity index (χ0v) is 14.5. The fourth-order valence-corrected chi connectivity index (χ4v) is 3.63. The molecule has 3 aromatic rings. The highest BCUT2D eigenvalue weighted by Gasteiger charge is 2.22. The van der Waals surface area contributed by atoms with E-state index in [9.17, 15) is 0 Å². The number of benzene rings is 2. The smallest absolute Gasteiger partial charge is 0.119 e. The van der Waals surface area contributed by atoms with Crippen LogP contribution in [0.3, 0.4) is 0 Å². The molecule has 1 aromatic heterocycles. The van der Waals surface area contributed by atoms with E-state index in [0.717, 1.165) is 49.1 Å². The Morgan fingerprint density at radius 1 is 1.16 bits per heavy atom. The van der Waals surface area contributed by atoms with Crippen molar-refractivity contribution in [2.45, 2.75) is 25.4 Å². The Morgan fingerprint density at radius 3 is 2.88 bits per heavy atom. The Morgan fingerprint density at radius 2 is 2.04 bits per heavy atom. The SMILES string of the molecule is COc1cccc(CN(c2ccc3[nH]ncc3c2)C2CCNCC2)c1. The molecular weight excluding hydrogens is 312 g/mol. The molecule has 0 bridgehead atoms. The molecule has 0 radical (unpaired) electrons. The van der Waals surface area contributed by atoms with Gasteiger partial charge in [0.1, 0.15) is 5.75 Å². The third-order valence-corrected chi connectivity index (χ3v) is 4.99. The average molecular weight is 336 g/mol. The molecule has 2 heterocycles. The van der Waals surface area contributed by atoms with Gasteiger partial charge in [0.05, 0.1) is 18.8 Å². The minimum Gasteiger partial charge on any atom is -0.497 e. The largest absolute Gasteiger partial charge is 0.497 e. The van der Waals surface area contributed by atoms with Crippen molar-refractivity contribution in [3.05, 3.63) is 54.2 Å². The first-order valence-electron chi connectivity index (χ1n) is 8.87. The van der Waals surface area contributed by atoms with Gasteiger partial charge in [0.2, 0.25) is 0 Å². The van der Waals surface area contributed by atoms with Gasteiger partial charge in [0.25, 0.3) is 0 Å². The van der Waals surface area contributed by atoms with Crippen molar-refractivity contribution in [2.75, 3.05) is 25.1 Å². The molecule has 1 fully saturated rings. The number of aromatic amines is 1. The Bertz CT molecular complexity index is 838. The summed E-state index contributed by atoms with van der Waals surface area (Å²) in [5.41, 5.74) is 3.60. The Kier molecular flexibility index (Phi) is 4.57. The van der Waals surface area contributed by atoms with Crippen molar-refractivity contribution >= 4 is 16.6 Å². The quantitative estimate of drug-likeness (QED) is 0.750. The Balaban J connectivity index is 1.67. The molecule has 1 saturated heterocycles. The first-order valence-corrected chi connectivity index (χ1v) is 8.87. The standard InChI is InChI=1S/C20H24N4O/c1-25-19-4-2-3-15(11-19)14-24(17-7-9-21-10-8-17)18-5-6-20-16(12-18)13-22-23-20/h2-6,11-13,17,21H,7-10,14H2,1H3,(H,22,23). The second-order valence-electron chi connectivity index (χ2n) is 6.60. The highest BCUT2D eigenvalue weighted by Crippen LogP contribution is 2.28. The number of methoxy groups -OCH3 is 1. The van der Waals surface area contributed by atoms with Gasteiger partial charge in [-0.15, -0.1) is 0 Å². The van der Waals surface area contributed by atoms with E-state index in [1.165, 1.54) is 11.3 Å². The number of aromatic nitrogens is 2. The fourth-order valence-electron chi connectivity index (χ4n) is 3.63. The van der Waals surface area contributed by atoms with Crippen molar-refractivity contribution in [1.29, 1.82) is 0 Å². The number of anilines is 1. The maximum Gasteiger partial charge on any atom is 0.119 e. The molecule has 1 aliphatic heterocycles. The summed E-state index contributed by atoms with van der Waals surface area (Å²) in [5, 5.41) is 11.8. The number of nitrogens with one attached hydrogen (secondary N) is 2. The summed E-state index contributed by atoms with van der Waals surface area (Å²) in [6.45, 7) is 3.03. The lowest BCUT2D eigenvalue weighted by atomic mass is 10.0. The third kappa shape index (κ3) is 3.46. The summed E-state index contributed by atoms with van der Waals surface area (Å²) in [6.07, 6.45) is 4.21. The number of ether oxygens (including phenoxy) is 1. The first-order chi connectivity index (χ1) is 12.3. The number of fused-ring (bicyclic) bond motifs is 1. The van der Waals surface area contributed by atoms with Crippen LogP contribution in [0.25, 0.3) is 10.9 Å². The molecule has 0 aliphatic carbocycles. The molecule has 0 unspecified atom stereocenters. The number of hydrogen-bond donors (Lipinski definition) is 2. The van der Waals surface area contributed by atoms with E-state index in [1.54, 1.807) is 7.11 Å². The number of piperidine rings is 1. The highest BCUT2D eigenvalue weighted by atomic mass is 16.5. The van der Waals surface area contributed by atoms with Gasteiger partial charge in [-0.2, -0.15) is 5.10 Å². The lowest BCUT2D eigenvalue weighted by Gasteiger charge is -2.36. The zero-order chi connectivity index (χ0) is 17.1. The lowest BCUT2D eigenvalue weighted by molar-refractivity contribution is 0.412. The van der Waals surface area contributed by atoms with Crippen molar-refractivity contribution < 1.29 is 4.74 Å². The maximum atomic E-state index is 5.39. The van der Waals surface area contributed by atoms with E-state index in [0.29, 0.717) is 6.04 Å². The van der Waals surface area contributed by atoms with E-state index in [1.807, 2.05) is 12.3 Å². The van der Waals surface area contributed by atoms with Crippen LogP contribution in [0.4, 0.5) is 5.69 Å². The Labute approximate surface area is 148 Å². The van der Waals surface area contributed by atoms with E-state index in [4.69, 9.17) is 4.74 Å². The van der Waals surface area contributed by atoms with Gasteiger partial charge < -0.3 is 15.0 Å². The third-order valence-electron chi connectivity index (χ3n) is 4.99. The van der Waals surface area contributed by atoms with Crippen molar-refractivity contribution in [2.24, 2.45) is 0 Å². The molecule has 0 saturated carbocycles. The normalized spacial score (nSPS) is 15.4. The summed E-state index contributed by atoms with van der Waals surface area (Å²) in [6, 6.07) is 15.5. The van der Waals surface area contributed by atoms with E-state index < -0.39 is 0 Å². The lowest BCUT2D eigenvalue weighted by Crippen LogP contribution is -2.43.